The van der Waals surface area contributed by atoms with Crippen molar-refractivity contribution >= 4 is 57.8 Å². The Balaban J connectivity index is 0.897. The summed E-state index contributed by atoms with van der Waals surface area (Å²) in [6.45, 7) is -0.445. The first kappa shape index (κ1) is 77.4. The molecule has 5 aliphatic heterocycles. The summed E-state index contributed by atoms with van der Waals surface area (Å²) in [5.41, 5.74) is -5.76. The molecule has 3 aromatic rings. The van der Waals surface area contributed by atoms with Gasteiger partial charge >= 0.3 is 23.1 Å². The molecule has 540 valence electrons. The number of H-pyrrole nitrogens is 3. The summed E-state index contributed by atoms with van der Waals surface area (Å²) in [6, 6.07) is -0.808. The normalized spacial score (nSPS) is 29.5. The summed E-state index contributed by atoms with van der Waals surface area (Å²) in [7, 11) is -27.4. The van der Waals surface area contributed by atoms with Gasteiger partial charge in [0.1, 0.15) is 61.5 Å². The number of carbonyl (C=O) groups is 1. The van der Waals surface area contributed by atoms with Gasteiger partial charge in [-0.2, -0.15) is 12.6 Å². The summed E-state index contributed by atoms with van der Waals surface area (Å²) in [5, 5.41) is 27.6. The van der Waals surface area contributed by atoms with Crippen LogP contribution in [0.4, 0.5) is 4.79 Å². The number of unbranched alkanes of at least 4 members (excludes halogenated alkanes) is 3. The Hall–Kier alpha value is -4.33. The second-order valence-electron chi connectivity index (χ2n) is 22.2. The van der Waals surface area contributed by atoms with E-state index in [0.717, 1.165) is 37.2 Å². The number of hydrogen-bond acceptors (Lipinski definition) is 35. The van der Waals surface area contributed by atoms with Gasteiger partial charge in [-0.25, -0.2) is 19.2 Å². The molecule has 8 rings (SSSR count). The van der Waals surface area contributed by atoms with Crippen molar-refractivity contribution in [2.24, 2.45) is 0 Å². The van der Waals surface area contributed by atoms with Crippen molar-refractivity contribution in [3.63, 3.8) is 0 Å². The molecule has 4 saturated heterocycles. The predicted molar refractivity (Wildman–Crippen MR) is 311 cm³/mol. The van der Waals surface area contributed by atoms with Gasteiger partial charge in [-0.3, -0.25) is 71.5 Å². The van der Waals surface area contributed by atoms with E-state index in [0.29, 0.717) is 44.4 Å². The minimum atomic E-state index is -5.85. The van der Waals surface area contributed by atoms with Crippen LogP contribution in [0, 0.1) is 20.8 Å². The summed E-state index contributed by atoms with van der Waals surface area (Å²) in [4.78, 5) is 171. The predicted octanol–water partition coefficient (Wildman–Crippen LogP) is -4.84. The van der Waals surface area contributed by atoms with E-state index in [9.17, 15) is 96.0 Å². The van der Waals surface area contributed by atoms with E-state index < -0.39 is 211 Å². The Morgan fingerprint density at radius 2 is 0.927 bits per heavy atom. The Morgan fingerprint density at radius 1 is 0.531 bits per heavy atom. The first-order valence-corrected chi connectivity index (χ1v) is 37.2. The number of urea groups is 1. The maximum atomic E-state index is 13.9. The fourth-order valence-electron chi connectivity index (χ4n) is 10.3. The maximum Gasteiger partial charge on any atom is 0.330 e. The number of nitrogens with zero attached hydrogens (tertiary/aromatic N) is 4. The number of carbonyl (C=O) groups excluding carboxylic acids is 1. The number of amides is 2. The summed E-state index contributed by atoms with van der Waals surface area (Å²) < 4.78 is 135. The molecule has 18 atom stereocenters. The van der Waals surface area contributed by atoms with Gasteiger partial charge in [0.05, 0.1) is 65.8 Å². The van der Waals surface area contributed by atoms with E-state index >= 15 is 0 Å². The highest BCUT2D eigenvalue weighted by atomic mass is 32.1. The highest BCUT2D eigenvalue weighted by Gasteiger charge is 2.49. The lowest BCUT2D eigenvalue weighted by Gasteiger charge is -2.33. The summed E-state index contributed by atoms with van der Waals surface area (Å²) in [6.07, 6.45) is -16.5. The molecule has 42 nitrogen and oxygen atoms in total. The maximum absolute atomic E-state index is 13.9. The molecular formula is C48H68N9O33P5S-6. The number of aryl methyl sites for hydroxylation is 3. The number of thiol groups is 1. The van der Waals surface area contributed by atoms with Crippen molar-refractivity contribution in [2.45, 2.75) is 158 Å². The minimum Gasteiger partial charge on any atom is -0.790 e. The van der Waals surface area contributed by atoms with Gasteiger partial charge in [0.2, 0.25) is 0 Å². The lowest BCUT2D eigenvalue weighted by atomic mass is 10.1. The van der Waals surface area contributed by atoms with Crippen LogP contribution < -0.4 is 73.7 Å². The second kappa shape index (κ2) is 33.0. The quantitative estimate of drug-likeness (QED) is 0.0156. The van der Waals surface area contributed by atoms with E-state index in [4.69, 9.17) is 55.1 Å². The van der Waals surface area contributed by atoms with E-state index in [1.807, 2.05) is 15.0 Å². The topological polar surface area (TPSA) is 593 Å². The highest BCUT2D eigenvalue weighted by Crippen LogP contribution is 2.51. The number of aliphatic hydroxyl groups excluding tert-OH is 2. The fourth-order valence-corrected chi connectivity index (χ4v) is 14.3. The average Bonchev–Trinajstić information content (AvgIpc) is 1.65. The van der Waals surface area contributed by atoms with Gasteiger partial charge in [-0.15, -0.1) is 0 Å². The van der Waals surface area contributed by atoms with E-state index in [-0.39, 0.29) is 29.9 Å². The molecule has 18 unspecified atom stereocenters. The zero-order valence-corrected chi connectivity index (χ0v) is 56.2. The average molecular weight is 1490 g/mol. The van der Waals surface area contributed by atoms with Crippen molar-refractivity contribution < 1.29 is 127 Å². The zero-order valence-electron chi connectivity index (χ0n) is 50.8. The number of phosphoric acid groups is 5. The molecule has 4 fully saturated rings. The Labute approximate surface area is 547 Å². The van der Waals surface area contributed by atoms with Gasteiger partial charge in [-0.05, 0) is 58.4 Å². The van der Waals surface area contributed by atoms with Crippen LogP contribution in [0.1, 0.15) is 86.7 Å². The molecule has 0 saturated carbocycles. The summed E-state index contributed by atoms with van der Waals surface area (Å²) >= 11 is 3.99. The lowest BCUT2D eigenvalue weighted by molar-refractivity contribution is -0.343. The van der Waals surface area contributed by atoms with Crippen LogP contribution in [-0.2, 0) is 82.5 Å². The molecule has 0 spiro atoms. The molecule has 2 amide bonds. The van der Waals surface area contributed by atoms with Crippen LogP contribution >= 0.6 is 51.7 Å². The Bertz CT molecular complexity index is 3880. The molecule has 8 heterocycles. The molecule has 0 aromatic carbocycles. The van der Waals surface area contributed by atoms with Crippen molar-refractivity contribution in [1.29, 1.82) is 0 Å². The number of aromatic nitrogens is 6. The molecule has 0 aliphatic carbocycles. The van der Waals surface area contributed by atoms with Crippen LogP contribution in [0.5, 0.6) is 0 Å². The molecule has 7 N–H and O–H groups in total. The lowest BCUT2D eigenvalue weighted by Crippen LogP contribution is -2.56. The number of aliphatic hydroxyl groups is 2. The van der Waals surface area contributed by atoms with Crippen LogP contribution in [0.2, 0.25) is 0 Å². The van der Waals surface area contributed by atoms with Gasteiger partial charge in [0.15, 0.2) is 6.23 Å². The van der Waals surface area contributed by atoms with E-state index in [1.165, 1.54) is 33.0 Å². The first-order chi connectivity index (χ1) is 45.0. The molecule has 5 aliphatic rings. The minimum absolute atomic E-state index is 0.0149. The van der Waals surface area contributed by atoms with Gasteiger partial charge in [0.25, 0.3) is 48.0 Å². The largest absolute Gasteiger partial charge is 0.790 e. The van der Waals surface area contributed by atoms with Crippen LogP contribution in [0.3, 0.4) is 0 Å². The second-order valence-corrected chi connectivity index (χ2v) is 29.3. The zero-order chi connectivity index (χ0) is 70.2. The van der Waals surface area contributed by atoms with Crippen molar-refractivity contribution in [3.8, 4) is 0 Å². The number of phosphoric ester groups is 5. The number of rotatable bonds is 35. The smallest absolute Gasteiger partial charge is 0.330 e. The fraction of sp³-hybridized carbons (Fsp3) is 0.688. The Morgan fingerprint density at radius 3 is 1.33 bits per heavy atom. The van der Waals surface area contributed by atoms with E-state index in [1.54, 1.807) is 0 Å². The van der Waals surface area contributed by atoms with Crippen LogP contribution in [0.25, 0.3) is 0 Å². The van der Waals surface area contributed by atoms with Gasteiger partial charge in [-0.1, -0.05) is 12.8 Å². The van der Waals surface area contributed by atoms with Crippen molar-refractivity contribution in [2.75, 3.05) is 51.9 Å². The van der Waals surface area contributed by atoms with Crippen molar-refractivity contribution in [3.05, 3.63) is 110 Å². The number of nitrogens with one attached hydrogen (secondary N) is 5. The summed E-state index contributed by atoms with van der Waals surface area (Å²) in [5.74, 6) is 0.451. The molecular weight excluding hydrogens is 1420 g/mol. The third-order valence-corrected chi connectivity index (χ3v) is 19.9. The number of hydrogen-bond donors (Lipinski definition) is 8. The molecule has 3 aromatic heterocycles. The Kier molecular flexibility index (Phi) is 26.6. The monoisotopic (exact) mass is 1490 g/mol. The number of aromatic amines is 3. The van der Waals surface area contributed by atoms with Crippen LogP contribution in [0.15, 0.2) is 59.6 Å². The molecule has 0 bridgehead atoms. The SMILES string of the molecule is Cc1cn(C2CC(OP(=O)([O-])OCC3OC(n4cc(C)c(=O)[nH]c4=O)CC3OP(=O)([O-])OCC3OC(n4cc(C)c(=O)[nH]c4=O)CC3OP(=O)([O-])OCC3OC(N4C=CC(NCCCCCCOP(=O)([O-])OCCCS)NC4=O)C(O)C3O)C(COP(=O)([O-])[O-])O2)c(=O)[nH]c1=O. The van der Waals surface area contributed by atoms with Crippen LogP contribution in [-0.4, -0.2) is 169 Å². The highest BCUT2D eigenvalue weighted by molar-refractivity contribution is 7.80. The van der Waals surface area contributed by atoms with Gasteiger partial charge < -0.3 is 109 Å². The number of ether oxygens (including phenoxy) is 4. The molecule has 48 heteroatoms. The third-order valence-electron chi connectivity index (χ3n) is 15.1. The first-order valence-electron chi connectivity index (χ1n) is 29.2. The molecule has 96 heavy (non-hydrogen) atoms. The van der Waals surface area contributed by atoms with Crippen molar-refractivity contribution in [1.82, 2.24) is 44.2 Å². The van der Waals surface area contributed by atoms with E-state index in [2.05, 4.69) is 27.8 Å². The molecule has 0 radical (unpaired) electrons. The third kappa shape index (κ3) is 21.4. The van der Waals surface area contributed by atoms with Gasteiger partial charge in [0, 0.05) is 60.7 Å². The standard InChI is InChI=1S/C48H74N9O33P5S/c1-25-18-55(46(64)51-41(25)60)36-15-28(31(84-36)21-80-91(67,68)69)88-93(72,73)81-22-32-29(16-37(85-32)56-19-26(2)42(61)52-47(56)65)89-94(74,75)82-23-33-30(17-38(86-33)57-20-27(3)43(62)53-48(57)66)90-95(76,77)83-24-34-39(58)40(59)44(87-34)54-11-9-35(50-45(54)63)49-10-6-4-5-7-12-78-92(70,71)79-13-8-14-96/h9,11,18-20,28-40,44,49,58-59,96H,4-8,10,12-17,21-24H2,1-3H3,(H,50,63)(H,70,71)(H,72,73)(H,74,75)(H,76,77)(H,51,60,64)(H,52,61,65)(H,53,62,66)(H2,67,68,69)/p-6.